The van der Waals surface area contributed by atoms with E-state index < -0.39 is 10.0 Å². The summed E-state index contributed by atoms with van der Waals surface area (Å²) in [5.41, 5.74) is 8.48. The number of hydrogen-bond donors (Lipinski definition) is 2. The van der Waals surface area contributed by atoms with E-state index >= 15 is 0 Å². The van der Waals surface area contributed by atoms with Crippen LogP contribution in [0.15, 0.2) is 47.4 Å². The summed E-state index contributed by atoms with van der Waals surface area (Å²) in [5.74, 6) is 0. The first-order valence-electron chi connectivity index (χ1n) is 6.41. The lowest BCUT2D eigenvalue weighted by Crippen LogP contribution is -2.16. The Balaban J connectivity index is 2.47. The van der Waals surface area contributed by atoms with E-state index in [4.69, 9.17) is 5.73 Å². The third-order valence-electron chi connectivity index (χ3n) is 3.18. The second-order valence-corrected chi connectivity index (χ2v) is 6.26. The van der Waals surface area contributed by atoms with Gasteiger partial charge in [-0.1, -0.05) is 37.3 Å². The van der Waals surface area contributed by atoms with Crippen molar-refractivity contribution in [1.29, 1.82) is 0 Å². The topological polar surface area (TPSA) is 72.2 Å². The minimum atomic E-state index is -3.67. The largest absolute Gasteiger partial charge is 0.398 e. The van der Waals surface area contributed by atoms with Crippen molar-refractivity contribution in [2.24, 2.45) is 0 Å². The lowest BCUT2D eigenvalue weighted by molar-refractivity contribution is 0.601. The van der Waals surface area contributed by atoms with E-state index in [1.54, 1.807) is 18.2 Å². The highest BCUT2D eigenvalue weighted by molar-refractivity contribution is 7.92. The zero-order chi connectivity index (χ0) is 14.8. The number of sulfonamides is 1. The van der Waals surface area contributed by atoms with E-state index in [1.807, 2.05) is 32.0 Å². The van der Waals surface area contributed by atoms with E-state index in [0.717, 1.165) is 17.5 Å². The Kier molecular flexibility index (Phi) is 3.99. The fraction of sp³-hybridized carbons (Fsp3) is 0.200. The van der Waals surface area contributed by atoms with Gasteiger partial charge in [-0.3, -0.25) is 4.72 Å². The Morgan fingerprint density at radius 2 is 1.80 bits per heavy atom. The summed E-state index contributed by atoms with van der Waals surface area (Å²) in [5, 5.41) is 0. The van der Waals surface area contributed by atoms with E-state index in [-0.39, 0.29) is 10.6 Å². The predicted octanol–water partition coefficient (Wildman–Crippen LogP) is 2.94. The highest BCUT2D eigenvalue weighted by atomic mass is 32.2. The first-order valence-corrected chi connectivity index (χ1v) is 7.90. The summed E-state index contributed by atoms with van der Waals surface area (Å²) < 4.78 is 27.6. The van der Waals surface area contributed by atoms with Crippen LogP contribution in [-0.2, 0) is 16.4 Å². The van der Waals surface area contributed by atoms with Gasteiger partial charge in [0, 0.05) is 0 Å². The minimum Gasteiger partial charge on any atom is -0.398 e. The number of nitrogen functional groups attached to an aromatic ring is 1. The highest BCUT2D eigenvalue weighted by Crippen LogP contribution is 2.26. The fourth-order valence-electron chi connectivity index (χ4n) is 2.08. The normalized spacial score (nSPS) is 11.3. The van der Waals surface area contributed by atoms with Crippen molar-refractivity contribution in [2.75, 3.05) is 10.5 Å². The first-order chi connectivity index (χ1) is 9.45. The standard InChI is InChI=1S/C15H18N2O2S/c1-3-12-8-6-7-11(2)15(12)17-20(18,19)14-10-5-4-9-13(14)16/h4-10,17H,3,16H2,1-2H3. The van der Waals surface area contributed by atoms with Gasteiger partial charge in [-0.15, -0.1) is 0 Å². The zero-order valence-corrected chi connectivity index (χ0v) is 12.4. The number of benzene rings is 2. The number of anilines is 2. The average Bonchev–Trinajstić information content (AvgIpc) is 2.41. The molecule has 0 fully saturated rings. The molecule has 0 aliphatic heterocycles. The lowest BCUT2D eigenvalue weighted by atomic mass is 10.1. The van der Waals surface area contributed by atoms with Crippen molar-refractivity contribution in [1.82, 2.24) is 0 Å². The van der Waals surface area contributed by atoms with Gasteiger partial charge in [0.05, 0.1) is 11.4 Å². The van der Waals surface area contributed by atoms with Crippen LogP contribution in [0.25, 0.3) is 0 Å². The van der Waals surface area contributed by atoms with Gasteiger partial charge in [0.2, 0.25) is 0 Å². The molecule has 0 aliphatic carbocycles. The Hall–Kier alpha value is -2.01. The maximum atomic E-state index is 12.5. The Morgan fingerprint density at radius 3 is 2.45 bits per heavy atom. The molecule has 5 heteroatoms. The number of aryl methyl sites for hydroxylation is 2. The van der Waals surface area contributed by atoms with Crippen molar-refractivity contribution in [3.05, 3.63) is 53.6 Å². The maximum Gasteiger partial charge on any atom is 0.263 e. The van der Waals surface area contributed by atoms with E-state index in [1.165, 1.54) is 6.07 Å². The van der Waals surface area contributed by atoms with Gasteiger partial charge in [0.1, 0.15) is 4.90 Å². The molecule has 0 aliphatic rings. The molecule has 0 saturated heterocycles. The summed E-state index contributed by atoms with van der Waals surface area (Å²) >= 11 is 0. The van der Waals surface area contributed by atoms with Gasteiger partial charge in [-0.25, -0.2) is 8.42 Å². The molecule has 0 saturated carbocycles. The molecule has 3 N–H and O–H groups in total. The molecular weight excluding hydrogens is 272 g/mol. The molecular formula is C15H18N2O2S. The van der Waals surface area contributed by atoms with Gasteiger partial charge in [0.25, 0.3) is 10.0 Å². The number of para-hydroxylation sites is 2. The first kappa shape index (κ1) is 14.4. The molecule has 0 unspecified atom stereocenters. The monoisotopic (exact) mass is 290 g/mol. The van der Waals surface area contributed by atoms with Crippen LogP contribution in [0, 0.1) is 6.92 Å². The van der Waals surface area contributed by atoms with Crippen LogP contribution < -0.4 is 10.5 Å². The summed E-state index contributed by atoms with van der Waals surface area (Å²) in [6.07, 6.45) is 0.754. The summed E-state index contributed by atoms with van der Waals surface area (Å²) in [4.78, 5) is 0.102. The van der Waals surface area contributed by atoms with E-state index in [0.29, 0.717) is 5.69 Å². The third-order valence-corrected chi connectivity index (χ3v) is 4.61. The van der Waals surface area contributed by atoms with Crippen LogP contribution in [0.1, 0.15) is 18.1 Å². The third kappa shape index (κ3) is 2.77. The van der Waals surface area contributed by atoms with Gasteiger partial charge in [-0.2, -0.15) is 0 Å². The van der Waals surface area contributed by atoms with E-state index in [2.05, 4.69) is 4.72 Å². The van der Waals surface area contributed by atoms with Gasteiger partial charge >= 0.3 is 0 Å². The van der Waals surface area contributed by atoms with Crippen molar-refractivity contribution >= 4 is 21.4 Å². The molecule has 0 amide bonds. The van der Waals surface area contributed by atoms with E-state index in [9.17, 15) is 8.42 Å². The molecule has 4 nitrogen and oxygen atoms in total. The SMILES string of the molecule is CCc1cccc(C)c1NS(=O)(=O)c1ccccc1N. The average molecular weight is 290 g/mol. The Bertz CT molecular complexity index is 724. The second kappa shape index (κ2) is 5.54. The zero-order valence-electron chi connectivity index (χ0n) is 11.6. The molecule has 0 atom stereocenters. The molecule has 0 heterocycles. The van der Waals surface area contributed by atoms with Crippen LogP contribution >= 0.6 is 0 Å². The van der Waals surface area contributed by atoms with Crippen molar-refractivity contribution in [3.8, 4) is 0 Å². The summed E-state index contributed by atoms with van der Waals surface area (Å²) in [6.45, 7) is 3.87. The molecule has 0 bridgehead atoms. The molecule has 0 radical (unpaired) electrons. The Labute approximate surface area is 119 Å². The molecule has 2 rings (SSSR count). The number of hydrogen-bond acceptors (Lipinski definition) is 3. The van der Waals surface area contributed by atoms with Crippen molar-refractivity contribution in [3.63, 3.8) is 0 Å². The molecule has 2 aromatic rings. The number of nitrogens with two attached hydrogens (primary N) is 1. The van der Waals surface area contributed by atoms with Crippen molar-refractivity contribution < 1.29 is 8.42 Å². The predicted molar refractivity (Wildman–Crippen MR) is 82.2 cm³/mol. The maximum absolute atomic E-state index is 12.5. The quantitative estimate of drug-likeness (QED) is 0.850. The molecule has 0 spiro atoms. The van der Waals surface area contributed by atoms with Gasteiger partial charge in [-0.05, 0) is 36.6 Å². The molecule has 106 valence electrons. The van der Waals surface area contributed by atoms with Crippen LogP contribution in [0.5, 0.6) is 0 Å². The van der Waals surface area contributed by atoms with Crippen LogP contribution in [0.4, 0.5) is 11.4 Å². The summed E-state index contributed by atoms with van der Waals surface area (Å²) in [6, 6.07) is 12.2. The molecule has 0 aromatic heterocycles. The second-order valence-electron chi connectivity index (χ2n) is 4.61. The van der Waals surface area contributed by atoms with Gasteiger partial charge in [0.15, 0.2) is 0 Å². The lowest BCUT2D eigenvalue weighted by Gasteiger charge is -2.15. The fourth-order valence-corrected chi connectivity index (χ4v) is 3.39. The van der Waals surface area contributed by atoms with Crippen molar-refractivity contribution in [2.45, 2.75) is 25.2 Å². The highest BCUT2D eigenvalue weighted by Gasteiger charge is 2.19. The smallest absolute Gasteiger partial charge is 0.263 e. The minimum absolute atomic E-state index is 0.102. The van der Waals surface area contributed by atoms with Crippen LogP contribution in [0.2, 0.25) is 0 Å². The Morgan fingerprint density at radius 1 is 1.10 bits per heavy atom. The number of nitrogens with one attached hydrogen (secondary N) is 1. The van der Waals surface area contributed by atoms with Crippen LogP contribution in [0.3, 0.4) is 0 Å². The molecule has 2 aromatic carbocycles. The molecule has 20 heavy (non-hydrogen) atoms. The summed E-state index contributed by atoms with van der Waals surface area (Å²) in [7, 11) is -3.67. The number of rotatable bonds is 4. The van der Waals surface area contributed by atoms with Gasteiger partial charge < -0.3 is 5.73 Å². The van der Waals surface area contributed by atoms with Crippen LogP contribution in [-0.4, -0.2) is 8.42 Å².